The van der Waals surface area contributed by atoms with Crippen molar-refractivity contribution < 1.29 is 115 Å². The highest BCUT2D eigenvalue weighted by molar-refractivity contribution is 8.76. The van der Waals surface area contributed by atoms with Gasteiger partial charge in [-0.25, -0.2) is 27.7 Å². The van der Waals surface area contributed by atoms with Gasteiger partial charge in [0.1, 0.15) is 29.0 Å². The molecule has 3 heterocycles. The zero-order valence-electron chi connectivity index (χ0n) is 43.4. The first-order chi connectivity index (χ1) is 39.5. The number of halogens is 1. The molecule has 2 aliphatic heterocycles. The molecule has 1 fully saturated rings. The minimum atomic E-state index is -5.93. The summed E-state index contributed by atoms with van der Waals surface area (Å²) in [5.41, 5.74) is 11.7. The molecule has 460 valence electrons. The number of carboxylic acid groups (broad SMARTS) is 1. The largest absolute Gasteiger partial charge is 0.490 e. The van der Waals surface area contributed by atoms with E-state index in [-0.39, 0.29) is 83.1 Å². The second kappa shape index (κ2) is 27.7. The van der Waals surface area contributed by atoms with Crippen LogP contribution in [0.15, 0.2) is 72.8 Å². The number of carbonyl (C=O) groups excluding carboxylic acids is 2. The van der Waals surface area contributed by atoms with Crippen LogP contribution in [-0.4, -0.2) is 134 Å². The fourth-order valence-electron chi connectivity index (χ4n) is 7.99. The van der Waals surface area contributed by atoms with E-state index in [2.05, 4.69) is 50.6 Å². The minimum Gasteiger partial charge on any atom is -0.478 e. The van der Waals surface area contributed by atoms with Crippen LogP contribution in [0.1, 0.15) is 64.3 Å². The van der Waals surface area contributed by atoms with Crippen LogP contribution in [0.5, 0.6) is 0 Å². The van der Waals surface area contributed by atoms with Crippen LogP contribution in [0.3, 0.4) is 0 Å². The number of anilines is 1. The van der Waals surface area contributed by atoms with E-state index < -0.39 is 137 Å². The van der Waals surface area contributed by atoms with Crippen molar-refractivity contribution >= 4 is 99.9 Å². The van der Waals surface area contributed by atoms with E-state index >= 15 is 0 Å². The van der Waals surface area contributed by atoms with Gasteiger partial charge in [-0.05, 0) is 65.4 Å². The molecule has 12 N–H and O–H groups in total. The lowest BCUT2D eigenvalue weighted by molar-refractivity contribution is -0.178. The van der Waals surface area contributed by atoms with Crippen molar-refractivity contribution in [1.82, 2.24) is 20.2 Å². The average Bonchev–Trinajstić information content (AvgIpc) is 1.23. The Labute approximate surface area is 485 Å². The third-order valence-corrected chi connectivity index (χ3v) is 19.2. The number of amides is 2. The Balaban J connectivity index is 0.982. The molecule has 0 radical (unpaired) electrons. The van der Waals surface area contributed by atoms with Gasteiger partial charge < -0.3 is 59.7 Å². The number of hydrogen-bond acceptors (Lipinski definition) is 24. The quantitative estimate of drug-likeness (QED) is 0.00298. The summed E-state index contributed by atoms with van der Waals surface area (Å²) in [4.78, 5) is 92.4. The molecule has 0 bridgehead atoms. The number of nitrogens with zero attached hydrogens (tertiary/aromatic N) is 5. The fraction of sp³-hybridized carbons (Fsp3) is 0.349. The number of ether oxygens (including phenoxy) is 3. The number of benzene rings is 3. The number of aromatic carboxylic acids is 1. The number of azide groups is 1. The third kappa shape index (κ3) is 18.4. The highest BCUT2D eigenvalue weighted by Gasteiger charge is 2.46. The molecule has 1 saturated heterocycles. The van der Waals surface area contributed by atoms with Crippen LogP contribution in [0, 0.1) is 24.2 Å². The maximum Gasteiger partial charge on any atom is 0.490 e. The number of alkyl halides is 1. The van der Waals surface area contributed by atoms with Crippen LogP contribution in [0.25, 0.3) is 43.9 Å². The molecule has 2 amide bonds. The first-order valence-corrected chi connectivity index (χ1v) is 33.4. The summed E-state index contributed by atoms with van der Waals surface area (Å²) in [6, 6.07) is 8.23. The predicted molar refractivity (Wildman–Crippen MR) is 293 cm³/mol. The number of rotatable bonds is 27. The molecule has 42 heteroatoms. The molecule has 3 aliphatic rings. The summed E-state index contributed by atoms with van der Waals surface area (Å²) in [6.45, 7) is 0.826. The Kier molecular flexibility index (Phi) is 22.1. The third-order valence-electron chi connectivity index (χ3n) is 11.3. The van der Waals surface area contributed by atoms with Crippen molar-refractivity contribution in [2.24, 2.45) is 5.11 Å². The first kappa shape index (κ1) is 67.9. The van der Waals surface area contributed by atoms with Crippen LogP contribution >= 0.6 is 45.1 Å². The molecule has 6 rings (SSSR count). The number of aryl methyl sites for hydroxylation is 1. The van der Waals surface area contributed by atoms with Gasteiger partial charge in [0.05, 0.1) is 35.7 Å². The topological polar surface area (TPSA) is 538 Å². The standard InChI is InChI=1S/C43H47FN9O25P3S4/c1-22-7-9-26-34(27-11-12-29(45)38(85(69,70)71)36(27)75-35(26)37(22)84(66,67)68)28-17-23(8-10-25(28)41(56)57)40(55)49-14-16-82-83-21-72-15-4-6-32(54)48-13-3-5-24-19-53(42(58)50-39(24)46)33-18-30(76-43(2,44)51-52-47)31(74-33)20-73-80(62,63)78-81(64,65)77-79(59,60)61/h7-12,17,19,30-31,33,45H,4,6,13-16,18,20-21H2,1-2H3,(H,48,54)(H,49,55)(H,56,57)(H,62,63)(H,64,65)(H2,46,50,58)(H2,59,60,61)(H,66,67,68)(H,69,70,71)/t30-,31-,33-,43-/m1/s1. The minimum absolute atomic E-state index is 0.00733. The molecule has 0 saturated carbocycles. The van der Waals surface area contributed by atoms with Gasteiger partial charge in [-0.15, -0.1) is 0 Å². The summed E-state index contributed by atoms with van der Waals surface area (Å²) in [6.07, 6.45) is -3.86. The molecule has 2 aromatic carbocycles. The fourth-order valence-corrected chi connectivity index (χ4v) is 14.2. The summed E-state index contributed by atoms with van der Waals surface area (Å²) < 4.78 is 155. The van der Waals surface area contributed by atoms with Crippen LogP contribution < -0.4 is 27.4 Å². The number of hydrogen-bond donors (Lipinski definition) is 11. The zero-order chi connectivity index (χ0) is 63.0. The van der Waals surface area contributed by atoms with Crippen LogP contribution in [-0.2, 0) is 66.1 Å². The lowest BCUT2D eigenvalue weighted by Gasteiger charge is -2.24. The van der Waals surface area contributed by atoms with Gasteiger partial charge in [0.15, 0.2) is 16.2 Å². The normalized spacial score (nSPS) is 17.6. The number of carbonyl (C=O) groups is 3. The Bertz CT molecular complexity index is 4040. The lowest BCUT2D eigenvalue weighted by Crippen LogP contribution is -2.35. The van der Waals surface area contributed by atoms with Gasteiger partial charge in [0, 0.05) is 71.9 Å². The number of nitrogen functional groups attached to an aromatic ring is 1. The second-order valence-electron chi connectivity index (χ2n) is 17.5. The number of carboxylic acids is 1. The van der Waals surface area contributed by atoms with Gasteiger partial charge >= 0.3 is 35.1 Å². The maximum absolute atomic E-state index is 14.9. The number of phosphoric ester groups is 1. The number of fused-ring (bicyclic) bond motifs is 2. The molecule has 6 atom stereocenters. The first-order valence-electron chi connectivity index (χ1n) is 23.5. The van der Waals surface area contributed by atoms with Gasteiger partial charge in [0.2, 0.25) is 5.91 Å². The number of nitrogens with one attached hydrogen (secondary N) is 3. The number of nitrogens with two attached hydrogens (primary N) is 1. The molecule has 1 aromatic heterocycles. The zero-order valence-corrected chi connectivity index (χ0v) is 49.3. The molecule has 3 aromatic rings. The van der Waals surface area contributed by atoms with Crippen LogP contribution in [0.2, 0.25) is 0 Å². The second-order valence-corrected chi connectivity index (χ2v) is 27.2. The number of aromatic nitrogens is 2. The summed E-state index contributed by atoms with van der Waals surface area (Å²) >= 11 is 0. The molecular weight excluding hydrogens is 1280 g/mol. The molecule has 1 aliphatic carbocycles. The molecule has 34 nitrogen and oxygen atoms in total. The Morgan fingerprint density at radius 1 is 1.02 bits per heavy atom. The maximum atomic E-state index is 14.9. The van der Waals surface area contributed by atoms with Crippen molar-refractivity contribution in [3.8, 4) is 34.3 Å². The van der Waals surface area contributed by atoms with Crippen molar-refractivity contribution in [3.63, 3.8) is 0 Å². The number of phosphoric acid groups is 3. The van der Waals surface area contributed by atoms with E-state index in [4.69, 9.17) is 45.1 Å². The molecule has 85 heavy (non-hydrogen) atoms. The van der Waals surface area contributed by atoms with Gasteiger partial charge in [0.25, 0.3) is 32.1 Å². The van der Waals surface area contributed by atoms with Crippen LogP contribution in [0.4, 0.5) is 10.2 Å². The molecule has 2 unspecified atom stereocenters. The van der Waals surface area contributed by atoms with E-state index in [1.165, 1.54) is 58.8 Å². The van der Waals surface area contributed by atoms with Gasteiger partial charge in [-0.1, -0.05) is 45.6 Å². The Morgan fingerprint density at radius 3 is 2.39 bits per heavy atom. The van der Waals surface area contributed by atoms with E-state index in [1.54, 1.807) is 0 Å². The average molecular weight is 1330 g/mol. The van der Waals surface area contributed by atoms with E-state index in [1.807, 2.05) is 0 Å². The van der Waals surface area contributed by atoms with Crippen molar-refractivity contribution in [2.75, 3.05) is 43.7 Å². The SMILES string of the molecule is Cc1ccc2c(-c3cc(C(=O)NCCSSCOCCCC(=O)NCC#Cc4cn([C@H]5C[C@@H](O[C@](C)(F)N=[N+]=[N-])[C@@H](COP(=O)(O)OP(=O)(O)OP(=O)(O)O)O5)c(=O)nc4N)ccc3C(=O)O)c3ccc(=N)c(S(=O)(=O)O)c-3oc2c1S(=O)(=O)O. The highest BCUT2D eigenvalue weighted by Crippen LogP contribution is 2.66. The highest BCUT2D eigenvalue weighted by atomic mass is 33.1. The summed E-state index contributed by atoms with van der Waals surface area (Å²) in [5.74, 6) is -1.08. The Hall–Kier alpha value is -6.17. The van der Waals surface area contributed by atoms with Gasteiger partial charge in [-0.2, -0.15) is 30.4 Å². The molecule has 0 spiro atoms. The Morgan fingerprint density at radius 2 is 1.73 bits per heavy atom. The summed E-state index contributed by atoms with van der Waals surface area (Å²) in [5, 5.41) is 25.6. The summed E-state index contributed by atoms with van der Waals surface area (Å²) in [7, 11) is -25.2. The van der Waals surface area contributed by atoms with E-state index in [9.17, 15) is 78.1 Å². The van der Waals surface area contributed by atoms with Gasteiger partial charge in [-0.3, -0.25) is 33.2 Å². The monoisotopic (exact) mass is 1330 g/mol. The molecular formula is C43H47FN9O25P3S4. The smallest absolute Gasteiger partial charge is 0.478 e. The van der Waals surface area contributed by atoms with Crippen molar-refractivity contribution in [1.29, 1.82) is 5.41 Å². The van der Waals surface area contributed by atoms with E-state index in [0.717, 1.165) is 22.9 Å². The van der Waals surface area contributed by atoms with Crippen molar-refractivity contribution in [2.45, 2.75) is 67.3 Å². The lowest BCUT2D eigenvalue weighted by atomic mass is 9.89. The predicted octanol–water partition coefficient (Wildman–Crippen LogP) is 4.33. The van der Waals surface area contributed by atoms with E-state index in [0.29, 0.717) is 12.7 Å². The van der Waals surface area contributed by atoms with Crippen molar-refractivity contribution in [3.05, 3.63) is 97.2 Å².